The molecule has 0 radical (unpaired) electrons. The largest absolute Gasteiger partial charge is 0.465 e. The molecule has 2 aliphatic heterocycles. The summed E-state index contributed by atoms with van der Waals surface area (Å²) in [6.07, 6.45) is 0. The van der Waals surface area contributed by atoms with Crippen molar-refractivity contribution >= 4 is 23.3 Å². The minimum Gasteiger partial charge on any atom is -0.465 e. The van der Waals surface area contributed by atoms with E-state index in [9.17, 15) is 9.59 Å². The number of hydrogen-bond acceptors (Lipinski definition) is 6. The predicted molar refractivity (Wildman–Crippen MR) is 116 cm³/mol. The van der Waals surface area contributed by atoms with Crippen LogP contribution in [0.4, 0.5) is 5.69 Å². The lowest BCUT2D eigenvalue weighted by atomic mass is 9.70. The molecule has 0 spiro atoms. The van der Waals surface area contributed by atoms with Crippen LogP contribution in [0.15, 0.2) is 90.0 Å². The fourth-order valence-corrected chi connectivity index (χ4v) is 4.32. The molecule has 2 aliphatic rings. The Morgan fingerprint density at radius 1 is 1.00 bits per heavy atom. The molecule has 6 nitrogen and oxygen atoms in total. The van der Waals surface area contributed by atoms with Gasteiger partial charge in [0.05, 0.1) is 18.0 Å². The Balaban J connectivity index is 1.82. The molecule has 0 saturated carbocycles. The molecule has 0 aromatic heterocycles. The van der Waals surface area contributed by atoms with Gasteiger partial charge in [-0.3, -0.25) is 9.80 Å². The summed E-state index contributed by atoms with van der Waals surface area (Å²) in [5.41, 5.74) is 0.696. The van der Waals surface area contributed by atoms with Crippen LogP contribution >= 0.6 is 0 Å². The van der Waals surface area contributed by atoms with Gasteiger partial charge in [0.15, 0.2) is 0 Å². The molecule has 2 atom stereocenters. The van der Waals surface area contributed by atoms with Crippen molar-refractivity contribution < 1.29 is 19.1 Å². The van der Waals surface area contributed by atoms with Gasteiger partial charge < -0.3 is 9.47 Å². The summed E-state index contributed by atoms with van der Waals surface area (Å²) in [5.74, 6) is -0.931. The number of hydrazone groups is 1. The van der Waals surface area contributed by atoms with Gasteiger partial charge >= 0.3 is 11.9 Å². The number of anilines is 1. The molecule has 154 valence electrons. The Morgan fingerprint density at radius 2 is 1.65 bits per heavy atom. The summed E-state index contributed by atoms with van der Waals surface area (Å²) in [4.78, 5) is 27.2. The molecule has 3 aromatic carbocycles. The maximum absolute atomic E-state index is 13.6. The third-order valence-corrected chi connectivity index (χ3v) is 5.64. The lowest BCUT2D eigenvalue weighted by Crippen LogP contribution is -2.55. The second-order valence-corrected chi connectivity index (χ2v) is 7.35. The van der Waals surface area contributed by atoms with E-state index in [1.165, 1.54) is 0 Å². The van der Waals surface area contributed by atoms with Gasteiger partial charge in [0.25, 0.3) is 0 Å². The van der Waals surface area contributed by atoms with Crippen LogP contribution in [0.2, 0.25) is 0 Å². The molecule has 0 saturated heterocycles. The molecule has 0 bridgehead atoms. The van der Waals surface area contributed by atoms with Gasteiger partial charge in [-0.25, -0.2) is 4.79 Å². The average molecular weight is 412 g/mol. The smallest absolute Gasteiger partial charge is 0.337 e. The van der Waals surface area contributed by atoms with E-state index in [1.807, 2.05) is 72.8 Å². The van der Waals surface area contributed by atoms with Gasteiger partial charge in [0.1, 0.15) is 11.8 Å². The highest BCUT2D eigenvalue weighted by Gasteiger charge is 2.68. The minimum absolute atomic E-state index is 0.135. The Hall–Kier alpha value is -3.93. The van der Waals surface area contributed by atoms with Crippen molar-refractivity contribution in [2.24, 2.45) is 10.5 Å². The van der Waals surface area contributed by atoms with Crippen molar-refractivity contribution in [3.8, 4) is 5.75 Å². The monoisotopic (exact) mass is 412 g/mol. The van der Waals surface area contributed by atoms with Crippen LogP contribution in [-0.2, 0) is 14.3 Å². The molecule has 6 heteroatoms. The van der Waals surface area contributed by atoms with Gasteiger partial charge in [-0.1, -0.05) is 66.7 Å². The van der Waals surface area contributed by atoms with Gasteiger partial charge in [-0.2, -0.15) is 5.10 Å². The highest BCUT2D eigenvalue weighted by Crippen LogP contribution is 2.55. The number of carbonyl (C=O) groups excluding carboxylic acids is 2. The Bertz CT molecular complexity index is 1180. The zero-order chi connectivity index (χ0) is 21.4. The molecule has 0 N–H and O–H groups in total. The Morgan fingerprint density at radius 3 is 2.35 bits per heavy atom. The Labute approximate surface area is 179 Å². The van der Waals surface area contributed by atoms with E-state index >= 15 is 0 Å². The SMILES string of the molecule is CCOC(=O)C12C(=O)Oc3ccccc3C1N(c1ccccc1)N=C2c1ccccc1. The van der Waals surface area contributed by atoms with Crippen molar-refractivity contribution in [2.75, 3.05) is 11.6 Å². The fourth-order valence-electron chi connectivity index (χ4n) is 4.32. The first-order valence-electron chi connectivity index (χ1n) is 10.1. The number of hydrogen-bond donors (Lipinski definition) is 0. The number of nitrogens with zero attached hydrogens (tertiary/aromatic N) is 2. The minimum atomic E-state index is -1.75. The van der Waals surface area contributed by atoms with E-state index < -0.39 is 23.4 Å². The number of para-hydroxylation sites is 2. The molecular weight excluding hydrogens is 392 g/mol. The van der Waals surface area contributed by atoms with E-state index in [1.54, 1.807) is 24.1 Å². The topological polar surface area (TPSA) is 68.2 Å². The van der Waals surface area contributed by atoms with Crippen LogP contribution in [0.25, 0.3) is 0 Å². The second-order valence-electron chi connectivity index (χ2n) is 7.35. The van der Waals surface area contributed by atoms with Crippen molar-refractivity contribution in [1.82, 2.24) is 0 Å². The van der Waals surface area contributed by atoms with E-state index in [-0.39, 0.29) is 6.61 Å². The molecule has 5 rings (SSSR count). The van der Waals surface area contributed by atoms with Gasteiger partial charge in [0, 0.05) is 5.56 Å². The molecule has 2 unspecified atom stereocenters. The first-order valence-corrected chi connectivity index (χ1v) is 10.1. The molecular formula is C25H20N2O4. The zero-order valence-corrected chi connectivity index (χ0v) is 16.9. The Kier molecular flexibility index (Phi) is 4.55. The third-order valence-electron chi connectivity index (χ3n) is 5.64. The van der Waals surface area contributed by atoms with Crippen LogP contribution in [0, 0.1) is 5.41 Å². The predicted octanol–water partition coefficient (Wildman–Crippen LogP) is 4.12. The van der Waals surface area contributed by atoms with Crippen LogP contribution in [0.5, 0.6) is 5.75 Å². The van der Waals surface area contributed by atoms with Crippen molar-refractivity contribution in [2.45, 2.75) is 13.0 Å². The van der Waals surface area contributed by atoms with Crippen LogP contribution < -0.4 is 9.75 Å². The highest BCUT2D eigenvalue weighted by atomic mass is 16.6. The van der Waals surface area contributed by atoms with Crippen LogP contribution in [0.3, 0.4) is 0 Å². The number of fused-ring (bicyclic) bond motifs is 3. The second kappa shape index (κ2) is 7.40. The maximum atomic E-state index is 13.6. The van der Waals surface area contributed by atoms with Gasteiger partial charge in [-0.05, 0) is 30.7 Å². The number of ether oxygens (including phenoxy) is 2. The lowest BCUT2D eigenvalue weighted by molar-refractivity contribution is -0.163. The number of carbonyl (C=O) groups is 2. The van der Waals surface area contributed by atoms with E-state index in [4.69, 9.17) is 14.6 Å². The van der Waals surface area contributed by atoms with Crippen molar-refractivity contribution in [3.63, 3.8) is 0 Å². The number of esters is 2. The summed E-state index contributed by atoms with van der Waals surface area (Å²) in [6.45, 7) is 1.85. The van der Waals surface area contributed by atoms with E-state index in [0.717, 1.165) is 5.69 Å². The molecule has 0 fully saturated rings. The summed E-state index contributed by atoms with van der Waals surface area (Å²) < 4.78 is 11.2. The number of rotatable bonds is 4. The molecule has 0 aliphatic carbocycles. The van der Waals surface area contributed by atoms with Crippen LogP contribution in [-0.4, -0.2) is 24.3 Å². The average Bonchev–Trinajstić information content (AvgIpc) is 3.19. The van der Waals surface area contributed by atoms with Crippen LogP contribution in [0.1, 0.15) is 24.1 Å². The number of benzene rings is 3. The molecule has 2 heterocycles. The van der Waals surface area contributed by atoms with E-state index in [0.29, 0.717) is 22.6 Å². The maximum Gasteiger partial charge on any atom is 0.337 e. The van der Waals surface area contributed by atoms with Gasteiger partial charge in [0.2, 0.25) is 5.41 Å². The molecule has 0 amide bonds. The fraction of sp³-hybridized carbons (Fsp3) is 0.160. The summed E-state index contributed by atoms with van der Waals surface area (Å²) in [6, 6.07) is 25.2. The normalized spacial score (nSPS) is 21.6. The lowest BCUT2D eigenvalue weighted by Gasteiger charge is -2.39. The first-order chi connectivity index (χ1) is 15.2. The highest BCUT2D eigenvalue weighted by molar-refractivity contribution is 6.30. The summed E-state index contributed by atoms with van der Waals surface area (Å²) in [5, 5.41) is 6.58. The molecule has 3 aromatic rings. The quantitative estimate of drug-likeness (QED) is 0.366. The van der Waals surface area contributed by atoms with E-state index in [2.05, 4.69) is 0 Å². The van der Waals surface area contributed by atoms with Crippen molar-refractivity contribution in [3.05, 3.63) is 96.1 Å². The standard InChI is InChI=1S/C25H20N2O4/c1-2-30-23(28)25-21(17-11-5-3-6-12-17)26-27(18-13-7-4-8-14-18)22(25)19-15-9-10-16-20(19)31-24(25)29/h3-16,22H,2H2,1H3. The summed E-state index contributed by atoms with van der Waals surface area (Å²) >= 11 is 0. The summed E-state index contributed by atoms with van der Waals surface area (Å²) in [7, 11) is 0. The molecule has 31 heavy (non-hydrogen) atoms. The van der Waals surface area contributed by atoms with Crippen molar-refractivity contribution in [1.29, 1.82) is 0 Å². The third kappa shape index (κ3) is 2.75. The first kappa shape index (κ1) is 19.1. The zero-order valence-electron chi connectivity index (χ0n) is 16.9. The van der Waals surface area contributed by atoms with Gasteiger partial charge in [-0.15, -0.1) is 0 Å².